The van der Waals surface area contributed by atoms with Crippen molar-refractivity contribution in [1.29, 1.82) is 0 Å². The van der Waals surface area contributed by atoms with Gasteiger partial charge in [-0.2, -0.15) is 0 Å². The Hall–Kier alpha value is -4.19. The van der Waals surface area contributed by atoms with Crippen LogP contribution in [0.1, 0.15) is 39.9 Å². The average Bonchev–Trinajstić information content (AvgIpc) is 3.62. The standard InChI is InChI=1S/C31H32N4O2/c1-21-4-12-25(13-5-21)28-19-35(27-16-8-23(3)9-17-27)31(32-28)33-29(36)20-34(18-24-10-11-24)30(37)26-14-6-22(2)7-15-26/h4-9,12-17,19,24H,10-11,18,20H2,1-3H3,(H,32,33,36). The van der Waals surface area contributed by atoms with E-state index in [4.69, 9.17) is 4.98 Å². The molecule has 1 aromatic heterocycles. The van der Waals surface area contributed by atoms with Gasteiger partial charge in [-0.3, -0.25) is 19.5 Å². The highest BCUT2D eigenvalue weighted by molar-refractivity contribution is 5.99. The number of rotatable bonds is 8. The monoisotopic (exact) mass is 492 g/mol. The Labute approximate surface area is 218 Å². The third kappa shape index (κ3) is 5.97. The fourth-order valence-electron chi connectivity index (χ4n) is 4.28. The van der Waals surface area contributed by atoms with Gasteiger partial charge in [0, 0.05) is 29.6 Å². The molecule has 5 rings (SSSR count). The molecular weight excluding hydrogens is 460 g/mol. The van der Waals surface area contributed by atoms with Crippen LogP contribution in [0.25, 0.3) is 16.9 Å². The van der Waals surface area contributed by atoms with Crippen LogP contribution in [0.2, 0.25) is 0 Å². The molecule has 1 saturated carbocycles. The van der Waals surface area contributed by atoms with E-state index in [2.05, 4.69) is 5.32 Å². The number of nitrogens with one attached hydrogen (secondary N) is 1. The van der Waals surface area contributed by atoms with Crippen molar-refractivity contribution < 1.29 is 9.59 Å². The molecule has 4 aromatic rings. The summed E-state index contributed by atoms with van der Waals surface area (Å²) < 4.78 is 1.89. The minimum Gasteiger partial charge on any atom is -0.329 e. The van der Waals surface area contributed by atoms with E-state index < -0.39 is 0 Å². The Morgan fingerprint density at radius 1 is 0.865 bits per heavy atom. The average molecular weight is 493 g/mol. The molecule has 0 bridgehead atoms. The first kappa shape index (κ1) is 24.5. The molecule has 6 nitrogen and oxygen atoms in total. The predicted molar refractivity (Wildman–Crippen MR) is 147 cm³/mol. The lowest BCUT2D eigenvalue weighted by Crippen LogP contribution is -2.39. The summed E-state index contributed by atoms with van der Waals surface area (Å²) in [7, 11) is 0. The number of anilines is 1. The van der Waals surface area contributed by atoms with Gasteiger partial charge in [-0.25, -0.2) is 4.98 Å². The van der Waals surface area contributed by atoms with E-state index in [0.717, 1.165) is 40.9 Å². The maximum atomic E-state index is 13.3. The lowest BCUT2D eigenvalue weighted by atomic mass is 10.1. The fourth-order valence-corrected chi connectivity index (χ4v) is 4.28. The van der Waals surface area contributed by atoms with Crippen molar-refractivity contribution in [2.75, 3.05) is 18.4 Å². The summed E-state index contributed by atoms with van der Waals surface area (Å²) in [5, 5.41) is 2.98. The molecule has 1 aliphatic rings. The van der Waals surface area contributed by atoms with Crippen molar-refractivity contribution in [2.45, 2.75) is 33.6 Å². The molecule has 1 aliphatic carbocycles. The van der Waals surface area contributed by atoms with Crippen LogP contribution in [0, 0.1) is 26.7 Å². The van der Waals surface area contributed by atoms with Gasteiger partial charge in [0.1, 0.15) is 6.54 Å². The first-order chi connectivity index (χ1) is 17.9. The number of hydrogen-bond acceptors (Lipinski definition) is 3. The largest absolute Gasteiger partial charge is 0.329 e. The second-order valence-corrected chi connectivity index (χ2v) is 10.1. The van der Waals surface area contributed by atoms with E-state index in [0.29, 0.717) is 24.0 Å². The molecule has 1 fully saturated rings. The minimum absolute atomic E-state index is 0.0240. The maximum absolute atomic E-state index is 13.3. The van der Waals surface area contributed by atoms with Gasteiger partial charge in [0.2, 0.25) is 11.9 Å². The van der Waals surface area contributed by atoms with E-state index >= 15 is 0 Å². The summed E-state index contributed by atoms with van der Waals surface area (Å²) in [6.07, 6.45) is 4.12. The molecule has 3 aromatic carbocycles. The van der Waals surface area contributed by atoms with Gasteiger partial charge >= 0.3 is 0 Å². The SMILES string of the molecule is Cc1ccc(C(=O)N(CC(=O)Nc2nc(-c3ccc(C)cc3)cn2-c2ccc(C)cc2)CC2CC2)cc1. The Bertz CT molecular complexity index is 1400. The highest BCUT2D eigenvalue weighted by Gasteiger charge is 2.29. The topological polar surface area (TPSA) is 67.2 Å². The van der Waals surface area contributed by atoms with E-state index in [-0.39, 0.29) is 18.4 Å². The Morgan fingerprint density at radius 2 is 1.43 bits per heavy atom. The van der Waals surface area contributed by atoms with Crippen LogP contribution in [0.3, 0.4) is 0 Å². The lowest BCUT2D eigenvalue weighted by Gasteiger charge is -2.22. The minimum atomic E-state index is -0.268. The van der Waals surface area contributed by atoms with Gasteiger partial charge in [-0.1, -0.05) is 65.2 Å². The number of nitrogens with zero attached hydrogens (tertiary/aromatic N) is 3. The third-order valence-electron chi connectivity index (χ3n) is 6.71. The van der Waals surface area contributed by atoms with Gasteiger partial charge in [0.25, 0.3) is 5.91 Å². The van der Waals surface area contributed by atoms with Crippen LogP contribution in [0.4, 0.5) is 5.95 Å². The summed E-state index contributed by atoms with van der Waals surface area (Å²) >= 11 is 0. The molecule has 6 heteroatoms. The zero-order valence-corrected chi connectivity index (χ0v) is 21.6. The van der Waals surface area contributed by atoms with E-state index in [1.165, 1.54) is 5.56 Å². The van der Waals surface area contributed by atoms with Gasteiger partial charge in [-0.05, 0) is 63.8 Å². The zero-order chi connectivity index (χ0) is 25.9. The Kier molecular flexibility index (Phi) is 6.91. The van der Waals surface area contributed by atoms with Crippen molar-refractivity contribution in [3.05, 3.63) is 101 Å². The molecular formula is C31H32N4O2. The van der Waals surface area contributed by atoms with Crippen molar-refractivity contribution in [3.63, 3.8) is 0 Å². The van der Waals surface area contributed by atoms with E-state index in [1.54, 1.807) is 4.90 Å². The van der Waals surface area contributed by atoms with Crippen LogP contribution in [0.5, 0.6) is 0 Å². The predicted octanol–water partition coefficient (Wildman–Crippen LogP) is 5.96. The second kappa shape index (κ2) is 10.4. The smallest absolute Gasteiger partial charge is 0.254 e. The van der Waals surface area contributed by atoms with Crippen LogP contribution in [-0.2, 0) is 4.79 Å². The highest BCUT2D eigenvalue weighted by Crippen LogP contribution is 2.30. The van der Waals surface area contributed by atoms with E-state index in [1.807, 2.05) is 104 Å². The number of imidazole rings is 1. The first-order valence-corrected chi connectivity index (χ1v) is 12.7. The number of carbonyl (C=O) groups is 2. The summed E-state index contributed by atoms with van der Waals surface area (Å²) in [4.78, 5) is 33.0. The highest BCUT2D eigenvalue weighted by atomic mass is 16.2. The molecule has 0 spiro atoms. The van der Waals surface area contributed by atoms with Crippen LogP contribution < -0.4 is 5.32 Å². The zero-order valence-electron chi connectivity index (χ0n) is 21.6. The van der Waals surface area contributed by atoms with Gasteiger partial charge in [-0.15, -0.1) is 0 Å². The number of aromatic nitrogens is 2. The molecule has 0 radical (unpaired) electrons. The van der Waals surface area contributed by atoms with Gasteiger partial charge < -0.3 is 4.90 Å². The van der Waals surface area contributed by atoms with Crippen LogP contribution >= 0.6 is 0 Å². The molecule has 1 N–H and O–H groups in total. The van der Waals surface area contributed by atoms with Gasteiger partial charge in [0.15, 0.2) is 0 Å². The van der Waals surface area contributed by atoms with Crippen molar-refractivity contribution in [3.8, 4) is 16.9 Å². The van der Waals surface area contributed by atoms with Crippen LogP contribution in [0.15, 0.2) is 79.0 Å². The second-order valence-electron chi connectivity index (χ2n) is 10.1. The number of carbonyl (C=O) groups excluding carboxylic acids is 2. The molecule has 37 heavy (non-hydrogen) atoms. The Balaban J connectivity index is 1.40. The molecule has 0 atom stereocenters. The van der Waals surface area contributed by atoms with Crippen molar-refractivity contribution >= 4 is 17.8 Å². The van der Waals surface area contributed by atoms with Gasteiger partial charge in [0.05, 0.1) is 5.69 Å². The maximum Gasteiger partial charge on any atom is 0.254 e. The fraction of sp³-hybridized carbons (Fsp3) is 0.258. The molecule has 0 saturated heterocycles. The molecule has 0 unspecified atom stereocenters. The normalized spacial score (nSPS) is 12.8. The third-order valence-corrected chi connectivity index (χ3v) is 6.71. The first-order valence-electron chi connectivity index (χ1n) is 12.7. The number of aryl methyl sites for hydroxylation is 3. The molecule has 1 heterocycles. The molecule has 0 aliphatic heterocycles. The number of hydrogen-bond donors (Lipinski definition) is 1. The summed E-state index contributed by atoms with van der Waals surface area (Å²) in [5.41, 5.74) is 6.65. The molecule has 2 amide bonds. The lowest BCUT2D eigenvalue weighted by molar-refractivity contribution is -0.117. The summed E-state index contributed by atoms with van der Waals surface area (Å²) in [5.74, 6) is 0.503. The van der Waals surface area contributed by atoms with Crippen LogP contribution in [-0.4, -0.2) is 39.4 Å². The molecule has 188 valence electrons. The number of benzene rings is 3. The summed E-state index contributed by atoms with van der Waals surface area (Å²) in [6, 6.07) is 23.7. The summed E-state index contributed by atoms with van der Waals surface area (Å²) in [6.45, 7) is 6.64. The van der Waals surface area contributed by atoms with E-state index in [9.17, 15) is 9.59 Å². The quantitative estimate of drug-likeness (QED) is 0.330. The Morgan fingerprint density at radius 3 is 2.03 bits per heavy atom. The van der Waals surface area contributed by atoms with Crippen molar-refractivity contribution in [1.82, 2.24) is 14.5 Å². The number of amides is 2. The van der Waals surface area contributed by atoms with Crippen molar-refractivity contribution in [2.24, 2.45) is 5.92 Å².